The summed E-state index contributed by atoms with van der Waals surface area (Å²) in [7, 11) is -1.41. The van der Waals surface area contributed by atoms with Gasteiger partial charge in [-0.2, -0.15) is 4.31 Å². The van der Waals surface area contributed by atoms with E-state index < -0.39 is 10.0 Å². The Morgan fingerprint density at radius 2 is 2.28 bits per heavy atom. The van der Waals surface area contributed by atoms with Gasteiger partial charge < -0.3 is 5.32 Å². The zero-order valence-electron chi connectivity index (χ0n) is 10.8. The molecule has 0 aromatic carbocycles. The Bertz CT molecular complexity index is 466. The van der Waals surface area contributed by atoms with E-state index in [1.165, 1.54) is 0 Å². The lowest BCUT2D eigenvalue weighted by Gasteiger charge is -2.25. The van der Waals surface area contributed by atoms with E-state index in [9.17, 15) is 8.42 Å². The molecule has 1 heterocycles. The van der Waals surface area contributed by atoms with Crippen LogP contribution in [0.25, 0.3) is 0 Å². The van der Waals surface area contributed by atoms with Crippen LogP contribution in [-0.2, 0) is 16.6 Å². The smallest absolute Gasteiger partial charge is 0.218 e. The second-order valence-corrected chi connectivity index (χ2v) is 8.10. The van der Waals surface area contributed by atoms with E-state index in [2.05, 4.69) is 5.32 Å². The van der Waals surface area contributed by atoms with E-state index in [4.69, 9.17) is 0 Å². The van der Waals surface area contributed by atoms with Gasteiger partial charge in [-0.05, 0) is 38.3 Å². The molecule has 1 fully saturated rings. The molecule has 1 aromatic rings. The third kappa shape index (κ3) is 3.12. The fourth-order valence-corrected chi connectivity index (χ4v) is 4.54. The molecule has 6 heteroatoms. The minimum absolute atomic E-state index is 0.219. The van der Waals surface area contributed by atoms with Crippen molar-refractivity contribution in [2.75, 3.05) is 13.6 Å². The van der Waals surface area contributed by atoms with Crippen LogP contribution in [0.2, 0.25) is 0 Å². The molecule has 0 radical (unpaired) electrons. The van der Waals surface area contributed by atoms with Gasteiger partial charge in [-0.15, -0.1) is 11.3 Å². The van der Waals surface area contributed by atoms with Gasteiger partial charge >= 0.3 is 0 Å². The minimum Gasteiger partial charge on any atom is -0.318 e. The Balaban J connectivity index is 2.14. The van der Waals surface area contributed by atoms with Crippen molar-refractivity contribution in [1.29, 1.82) is 0 Å². The molecule has 0 bridgehead atoms. The van der Waals surface area contributed by atoms with Crippen molar-refractivity contribution in [1.82, 2.24) is 9.62 Å². The van der Waals surface area contributed by atoms with Gasteiger partial charge in [0.25, 0.3) is 0 Å². The normalized spacial score (nSPS) is 18.2. The topological polar surface area (TPSA) is 49.4 Å². The predicted molar refractivity (Wildman–Crippen MR) is 75.2 cm³/mol. The molecular formula is C12H20N2O2S2. The highest BCUT2D eigenvalue weighted by molar-refractivity contribution is 7.89. The van der Waals surface area contributed by atoms with Crippen molar-refractivity contribution in [3.8, 4) is 0 Å². The molecule has 1 saturated carbocycles. The van der Waals surface area contributed by atoms with Crippen LogP contribution in [-0.4, -0.2) is 37.6 Å². The molecule has 0 spiro atoms. The number of nitrogens with zero attached hydrogens (tertiary/aromatic N) is 1. The number of hydrogen-bond donors (Lipinski definition) is 1. The van der Waals surface area contributed by atoms with Gasteiger partial charge in [-0.3, -0.25) is 0 Å². The first-order chi connectivity index (χ1) is 8.55. The molecular weight excluding hydrogens is 268 g/mol. The Morgan fingerprint density at radius 3 is 2.78 bits per heavy atom. The van der Waals surface area contributed by atoms with Crippen LogP contribution in [0.1, 0.15) is 24.6 Å². The van der Waals surface area contributed by atoms with Crippen LogP contribution in [0.3, 0.4) is 0 Å². The number of hydrogen-bond acceptors (Lipinski definition) is 4. The molecule has 1 aliphatic carbocycles. The van der Waals surface area contributed by atoms with Crippen LogP contribution < -0.4 is 5.32 Å². The number of rotatable bonds is 7. The molecule has 2 rings (SSSR count). The molecule has 1 N–H and O–H groups in total. The van der Waals surface area contributed by atoms with E-state index in [-0.39, 0.29) is 11.3 Å². The average Bonchev–Trinajstić information content (AvgIpc) is 3.03. The third-order valence-electron chi connectivity index (χ3n) is 3.17. The van der Waals surface area contributed by atoms with Gasteiger partial charge in [0, 0.05) is 24.0 Å². The van der Waals surface area contributed by atoms with Crippen LogP contribution in [0.15, 0.2) is 17.5 Å². The first-order valence-corrected chi connectivity index (χ1v) is 8.61. The van der Waals surface area contributed by atoms with Crippen molar-refractivity contribution in [3.05, 3.63) is 22.4 Å². The summed E-state index contributed by atoms with van der Waals surface area (Å²) in [5, 5.41) is 4.56. The number of sulfonamides is 1. The molecule has 1 atom stereocenters. The van der Waals surface area contributed by atoms with Crippen molar-refractivity contribution in [3.63, 3.8) is 0 Å². The van der Waals surface area contributed by atoms with E-state index >= 15 is 0 Å². The number of thiophene rings is 1. The lowest BCUT2D eigenvalue weighted by Crippen LogP contribution is -2.42. The average molecular weight is 288 g/mol. The van der Waals surface area contributed by atoms with Crippen molar-refractivity contribution >= 4 is 21.4 Å². The molecule has 0 amide bonds. The first kappa shape index (κ1) is 14.0. The molecule has 102 valence electrons. The zero-order valence-corrected chi connectivity index (χ0v) is 12.4. The molecule has 4 nitrogen and oxygen atoms in total. The molecule has 0 aliphatic heterocycles. The van der Waals surface area contributed by atoms with Gasteiger partial charge in [0.1, 0.15) is 0 Å². The van der Waals surface area contributed by atoms with Gasteiger partial charge in [-0.1, -0.05) is 6.07 Å². The van der Waals surface area contributed by atoms with Crippen LogP contribution in [0.4, 0.5) is 0 Å². The maximum Gasteiger partial charge on any atom is 0.218 e. The second kappa shape index (κ2) is 5.69. The fourth-order valence-electron chi connectivity index (χ4n) is 1.97. The summed E-state index contributed by atoms with van der Waals surface area (Å²) >= 11 is 1.62. The highest BCUT2D eigenvalue weighted by atomic mass is 32.2. The Labute approximate surface area is 113 Å². The Kier molecular flexibility index (Phi) is 4.42. The first-order valence-electron chi connectivity index (χ1n) is 6.23. The Morgan fingerprint density at radius 1 is 1.56 bits per heavy atom. The predicted octanol–water partition coefficient (Wildman–Crippen LogP) is 1.65. The second-order valence-electron chi connectivity index (χ2n) is 4.77. The van der Waals surface area contributed by atoms with Gasteiger partial charge in [0.2, 0.25) is 10.0 Å². The quantitative estimate of drug-likeness (QED) is 0.830. The fraction of sp³-hybridized carbons (Fsp3) is 0.667. The zero-order chi connectivity index (χ0) is 13.2. The van der Waals surface area contributed by atoms with Crippen LogP contribution in [0, 0.1) is 0 Å². The Hall–Kier alpha value is -0.430. The largest absolute Gasteiger partial charge is 0.318 e. The van der Waals surface area contributed by atoms with Crippen molar-refractivity contribution in [2.24, 2.45) is 0 Å². The van der Waals surface area contributed by atoms with E-state index in [1.807, 2.05) is 17.5 Å². The van der Waals surface area contributed by atoms with Gasteiger partial charge in [-0.25, -0.2) is 8.42 Å². The summed E-state index contributed by atoms with van der Waals surface area (Å²) in [6.45, 7) is 2.80. The monoisotopic (exact) mass is 288 g/mol. The van der Waals surface area contributed by atoms with Gasteiger partial charge in [0.15, 0.2) is 0 Å². The lowest BCUT2D eigenvalue weighted by molar-refractivity contribution is 0.394. The van der Waals surface area contributed by atoms with Crippen molar-refractivity contribution < 1.29 is 8.42 Å². The summed E-state index contributed by atoms with van der Waals surface area (Å²) < 4.78 is 26.7. The van der Waals surface area contributed by atoms with Crippen molar-refractivity contribution in [2.45, 2.75) is 37.6 Å². The summed E-state index contributed by atoms with van der Waals surface area (Å²) in [5.74, 6) is 0. The summed E-state index contributed by atoms with van der Waals surface area (Å²) in [5.41, 5.74) is 0. The molecule has 18 heavy (non-hydrogen) atoms. The van der Waals surface area contributed by atoms with E-state index in [0.717, 1.165) is 17.7 Å². The summed E-state index contributed by atoms with van der Waals surface area (Å²) in [6, 6.07) is 4.18. The molecule has 1 aliphatic rings. The van der Waals surface area contributed by atoms with E-state index in [1.54, 1.807) is 29.6 Å². The third-order valence-corrected chi connectivity index (χ3v) is 6.30. The maximum atomic E-state index is 12.5. The molecule has 1 aromatic heterocycles. The molecule has 0 saturated heterocycles. The lowest BCUT2D eigenvalue weighted by atomic mass is 10.4. The highest BCUT2D eigenvalue weighted by Gasteiger charge is 2.39. The van der Waals surface area contributed by atoms with E-state index in [0.29, 0.717) is 13.1 Å². The van der Waals surface area contributed by atoms with Crippen LogP contribution in [0.5, 0.6) is 0 Å². The summed E-state index contributed by atoms with van der Waals surface area (Å²) in [4.78, 5) is 1.11. The molecule has 1 unspecified atom stereocenters. The standard InChI is InChI=1S/C12H20N2O2S2/c1-10(8-13-2)18(15,16)14(11-5-6-11)9-12-4-3-7-17-12/h3-4,7,10-11,13H,5-6,8-9H2,1-2H3. The highest BCUT2D eigenvalue weighted by Crippen LogP contribution is 2.32. The number of nitrogens with one attached hydrogen (secondary N) is 1. The van der Waals surface area contributed by atoms with Crippen LogP contribution >= 0.6 is 11.3 Å². The SMILES string of the molecule is CNCC(C)S(=O)(=O)N(Cc1cccs1)C1CC1. The van der Waals surface area contributed by atoms with Gasteiger partial charge in [0.05, 0.1) is 5.25 Å². The maximum absolute atomic E-state index is 12.5. The summed E-state index contributed by atoms with van der Waals surface area (Å²) in [6.07, 6.45) is 1.99. The minimum atomic E-state index is -3.20.